The number of unbranched alkanes of at least 4 members (excludes halogenated alkanes) is 5. The third kappa shape index (κ3) is 5.58. The maximum absolute atomic E-state index is 7.43. The number of nitrogens with zero attached hydrogens (tertiary/aromatic N) is 1. The molecule has 0 fully saturated rings. The molecular formula is C22H30N2O2. The number of methoxy groups -OCH3 is 1. The van der Waals surface area contributed by atoms with Crippen LogP contribution in [-0.2, 0) is 0 Å². The Morgan fingerprint density at radius 1 is 0.962 bits per heavy atom. The molecule has 0 aliphatic carbocycles. The van der Waals surface area contributed by atoms with Crippen molar-refractivity contribution in [3.63, 3.8) is 0 Å². The number of hydrogen-bond acceptors (Lipinski definition) is 4. The Kier molecular flexibility index (Phi) is 8.13. The summed E-state index contributed by atoms with van der Waals surface area (Å²) in [7, 11) is 1.67. The molecule has 0 saturated carbocycles. The fraction of sp³-hybridized carbons (Fsp3) is 0.455. The summed E-state index contributed by atoms with van der Waals surface area (Å²) < 4.78 is 11.2. The molecule has 0 aliphatic heterocycles. The molecular weight excluding hydrogens is 324 g/mol. The van der Waals surface area contributed by atoms with Gasteiger partial charge in [0.25, 0.3) is 0 Å². The molecule has 2 rings (SSSR count). The average Bonchev–Trinajstić information content (AvgIpc) is 2.68. The first kappa shape index (κ1) is 20.0. The Labute approximate surface area is 157 Å². The molecule has 2 aromatic carbocycles. The lowest BCUT2D eigenvalue weighted by atomic mass is 9.99. The van der Waals surface area contributed by atoms with E-state index in [1.54, 1.807) is 7.11 Å². The van der Waals surface area contributed by atoms with Crippen molar-refractivity contribution in [2.75, 3.05) is 13.7 Å². The van der Waals surface area contributed by atoms with Crippen molar-refractivity contribution < 1.29 is 9.47 Å². The van der Waals surface area contributed by atoms with Gasteiger partial charge < -0.3 is 9.47 Å². The van der Waals surface area contributed by atoms with E-state index < -0.39 is 0 Å². The lowest BCUT2D eigenvalue weighted by molar-refractivity contribution is 0.305. The second-order valence-electron chi connectivity index (χ2n) is 6.59. The molecule has 0 radical (unpaired) electrons. The minimum Gasteiger partial charge on any atom is -0.497 e. The molecule has 26 heavy (non-hydrogen) atoms. The van der Waals surface area contributed by atoms with Crippen LogP contribution in [0.2, 0.25) is 0 Å². The van der Waals surface area contributed by atoms with Gasteiger partial charge in [-0.15, -0.1) is 0 Å². The van der Waals surface area contributed by atoms with Gasteiger partial charge in [-0.25, -0.2) is 5.53 Å². The molecule has 4 nitrogen and oxygen atoms in total. The Balaban J connectivity index is 2.06. The summed E-state index contributed by atoms with van der Waals surface area (Å²) in [6.07, 6.45) is 7.36. The minimum absolute atomic E-state index is 0.589. The van der Waals surface area contributed by atoms with Crippen LogP contribution in [0.4, 0.5) is 5.69 Å². The zero-order valence-corrected chi connectivity index (χ0v) is 16.2. The standard InChI is InChI=1S/C22H30N2O2/c1-4-5-6-7-8-9-14-26-22-16-20(17(2)15-21(22)24-23)18-10-12-19(25-3)13-11-18/h10-13,15-16,23H,4-9,14H2,1-3H3. The number of ether oxygens (including phenoxy) is 2. The fourth-order valence-electron chi connectivity index (χ4n) is 3.02. The molecule has 0 aliphatic rings. The zero-order valence-electron chi connectivity index (χ0n) is 16.2. The molecule has 0 bridgehead atoms. The molecule has 140 valence electrons. The van der Waals surface area contributed by atoms with Crippen molar-refractivity contribution >= 4 is 5.69 Å². The summed E-state index contributed by atoms with van der Waals surface area (Å²) in [5.41, 5.74) is 11.3. The summed E-state index contributed by atoms with van der Waals surface area (Å²) >= 11 is 0. The highest BCUT2D eigenvalue weighted by Crippen LogP contribution is 2.36. The first-order chi connectivity index (χ1) is 12.7. The number of hydrogen-bond donors (Lipinski definition) is 1. The lowest BCUT2D eigenvalue weighted by Crippen LogP contribution is -1.98. The average molecular weight is 354 g/mol. The number of nitrogens with one attached hydrogen (secondary N) is 1. The van der Waals surface area contributed by atoms with Crippen LogP contribution in [-0.4, -0.2) is 13.7 Å². The molecule has 0 unspecified atom stereocenters. The van der Waals surface area contributed by atoms with Gasteiger partial charge in [-0.3, -0.25) is 0 Å². The maximum Gasteiger partial charge on any atom is 0.147 e. The van der Waals surface area contributed by atoms with Gasteiger partial charge in [-0.05, 0) is 54.3 Å². The van der Waals surface area contributed by atoms with E-state index in [0.717, 1.165) is 28.9 Å². The van der Waals surface area contributed by atoms with Gasteiger partial charge in [0.05, 0.1) is 13.7 Å². The van der Waals surface area contributed by atoms with Crippen LogP contribution in [0.25, 0.3) is 11.1 Å². The molecule has 2 aromatic rings. The largest absolute Gasteiger partial charge is 0.497 e. The van der Waals surface area contributed by atoms with Crippen LogP contribution in [0.5, 0.6) is 11.5 Å². The Bertz CT molecular complexity index is 696. The van der Waals surface area contributed by atoms with E-state index in [1.807, 2.05) is 43.3 Å². The van der Waals surface area contributed by atoms with Gasteiger partial charge in [0.1, 0.15) is 17.2 Å². The van der Waals surface area contributed by atoms with Crippen molar-refractivity contribution in [2.24, 2.45) is 5.11 Å². The van der Waals surface area contributed by atoms with E-state index in [1.165, 1.54) is 32.1 Å². The predicted molar refractivity (Wildman–Crippen MR) is 107 cm³/mol. The van der Waals surface area contributed by atoms with Crippen LogP contribution in [0, 0.1) is 12.5 Å². The van der Waals surface area contributed by atoms with Crippen LogP contribution in [0.3, 0.4) is 0 Å². The number of aryl methyl sites for hydroxylation is 1. The van der Waals surface area contributed by atoms with Crippen LogP contribution >= 0.6 is 0 Å². The topological polar surface area (TPSA) is 54.7 Å². The molecule has 0 heterocycles. The molecule has 0 aromatic heterocycles. The molecule has 1 N–H and O–H groups in total. The second-order valence-corrected chi connectivity index (χ2v) is 6.59. The summed E-state index contributed by atoms with van der Waals surface area (Å²) in [5.74, 6) is 1.52. The number of rotatable bonds is 11. The fourth-order valence-corrected chi connectivity index (χ4v) is 3.02. The third-order valence-corrected chi connectivity index (χ3v) is 4.58. The van der Waals surface area contributed by atoms with Gasteiger partial charge in [0, 0.05) is 0 Å². The quantitative estimate of drug-likeness (QED) is 0.346. The van der Waals surface area contributed by atoms with E-state index in [-0.39, 0.29) is 0 Å². The Hall–Kier alpha value is -2.36. The highest BCUT2D eigenvalue weighted by molar-refractivity contribution is 5.73. The summed E-state index contributed by atoms with van der Waals surface area (Å²) in [6.45, 7) is 4.93. The molecule has 0 atom stereocenters. The van der Waals surface area contributed by atoms with Crippen LogP contribution in [0.15, 0.2) is 41.5 Å². The molecule has 0 spiro atoms. The van der Waals surface area contributed by atoms with Gasteiger partial charge in [0.2, 0.25) is 0 Å². The van der Waals surface area contributed by atoms with Gasteiger partial charge >= 0.3 is 0 Å². The summed E-state index contributed by atoms with van der Waals surface area (Å²) in [6, 6.07) is 11.9. The van der Waals surface area contributed by atoms with Gasteiger partial charge in [0.15, 0.2) is 0 Å². The van der Waals surface area contributed by atoms with Gasteiger partial charge in [-0.1, -0.05) is 51.2 Å². The number of benzene rings is 2. The van der Waals surface area contributed by atoms with Crippen LogP contribution in [0.1, 0.15) is 51.0 Å². The highest BCUT2D eigenvalue weighted by atomic mass is 16.5. The van der Waals surface area contributed by atoms with Crippen molar-refractivity contribution in [2.45, 2.75) is 52.4 Å². The molecule has 0 saturated heterocycles. The normalized spacial score (nSPS) is 10.6. The Morgan fingerprint density at radius 2 is 1.65 bits per heavy atom. The van der Waals surface area contributed by atoms with Crippen molar-refractivity contribution in [3.8, 4) is 22.6 Å². The minimum atomic E-state index is 0.589. The first-order valence-electron chi connectivity index (χ1n) is 9.49. The van der Waals surface area contributed by atoms with Crippen LogP contribution < -0.4 is 9.47 Å². The van der Waals surface area contributed by atoms with E-state index in [0.29, 0.717) is 18.0 Å². The molecule has 0 amide bonds. The maximum atomic E-state index is 7.43. The highest BCUT2D eigenvalue weighted by Gasteiger charge is 2.10. The Morgan fingerprint density at radius 3 is 2.31 bits per heavy atom. The van der Waals surface area contributed by atoms with E-state index in [4.69, 9.17) is 15.0 Å². The first-order valence-corrected chi connectivity index (χ1v) is 9.49. The summed E-state index contributed by atoms with van der Waals surface area (Å²) in [5, 5.41) is 3.64. The van der Waals surface area contributed by atoms with E-state index >= 15 is 0 Å². The summed E-state index contributed by atoms with van der Waals surface area (Å²) in [4.78, 5) is 0. The van der Waals surface area contributed by atoms with Crippen molar-refractivity contribution in [1.29, 1.82) is 5.53 Å². The second kappa shape index (κ2) is 10.6. The molecule has 4 heteroatoms. The zero-order chi connectivity index (χ0) is 18.8. The SMILES string of the molecule is CCCCCCCCOc1cc(-c2ccc(OC)cc2)c(C)cc1N=N. The smallest absolute Gasteiger partial charge is 0.147 e. The van der Waals surface area contributed by atoms with E-state index in [9.17, 15) is 0 Å². The van der Waals surface area contributed by atoms with Gasteiger partial charge in [-0.2, -0.15) is 5.11 Å². The predicted octanol–water partition coefficient (Wildman–Crippen LogP) is 7.07. The van der Waals surface area contributed by atoms with Crippen molar-refractivity contribution in [3.05, 3.63) is 42.0 Å². The van der Waals surface area contributed by atoms with Crippen molar-refractivity contribution in [1.82, 2.24) is 0 Å². The third-order valence-electron chi connectivity index (χ3n) is 4.58. The van der Waals surface area contributed by atoms with E-state index in [2.05, 4.69) is 12.0 Å². The lowest BCUT2D eigenvalue weighted by Gasteiger charge is -2.13. The monoisotopic (exact) mass is 354 g/mol.